The standard InChI is InChI=1S/C22H26F3N3O3.C2H6/c1-13-4-7-17(16(24)8-13)27-19-14(5-6-15(23)18(19)25)20(30)28-10-22(31,11-28)9-26-21(2,3)12-29;1-2/h4-8,26-27,29,31H,9-12H2,1-3H3;1-2H3. The van der Waals surface area contributed by atoms with Crippen LogP contribution in [-0.2, 0) is 0 Å². The van der Waals surface area contributed by atoms with Crippen molar-refractivity contribution in [2.75, 3.05) is 31.6 Å². The number of amides is 1. The van der Waals surface area contributed by atoms with E-state index in [0.717, 1.165) is 12.1 Å². The Morgan fingerprint density at radius 3 is 2.33 bits per heavy atom. The van der Waals surface area contributed by atoms with Gasteiger partial charge in [-0.2, -0.15) is 0 Å². The Balaban J connectivity index is 0.00000187. The molecule has 9 heteroatoms. The van der Waals surface area contributed by atoms with Gasteiger partial charge in [0.05, 0.1) is 36.6 Å². The van der Waals surface area contributed by atoms with Crippen LogP contribution in [0.2, 0.25) is 0 Å². The van der Waals surface area contributed by atoms with Gasteiger partial charge in [0.25, 0.3) is 5.91 Å². The maximum absolute atomic E-state index is 14.5. The number of rotatable bonds is 7. The van der Waals surface area contributed by atoms with E-state index in [4.69, 9.17) is 0 Å². The zero-order chi connectivity index (χ0) is 25.0. The highest BCUT2D eigenvalue weighted by Crippen LogP contribution is 2.31. The van der Waals surface area contributed by atoms with Gasteiger partial charge < -0.3 is 25.7 Å². The summed E-state index contributed by atoms with van der Waals surface area (Å²) in [4.78, 5) is 14.2. The third-order valence-electron chi connectivity index (χ3n) is 5.26. The number of anilines is 2. The Morgan fingerprint density at radius 1 is 1.12 bits per heavy atom. The SMILES string of the molecule is CC.Cc1ccc(Nc2c(C(=O)N3CC(O)(CNC(C)(C)CO)C3)ccc(F)c2F)c(F)c1. The maximum atomic E-state index is 14.5. The molecule has 1 saturated heterocycles. The number of benzene rings is 2. The average molecular weight is 468 g/mol. The van der Waals surface area contributed by atoms with Crippen molar-refractivity contribution in [1.29, 1.82) is 0 Å². The monoisotopic (exact) mass is 467 g/mol. The molecule has 0 unspecified atom stereocenters. The number of aliphatic hydroxyl groups excluding tert-OH is 1. The second-order valence-corrected chi connectivity index (χ2v) is 8.67. The fraction of sp³-hybridized carbons (Fsp3) is 0.458. The molecule has 1 aliphatic heterocycles. The molecule has 1 amide bonds. The molecule has 1 aliphatic rings. The molecule has 0 aromatic heterocycles. The van der Waals surface area contributed by atoms with Crippen LogP contribution in [0.25, 0.3) is 0 Å². The number of β-amino-alcohol motifs (C(OH)–C–C–N with tert-alkyl or cyclic N) is 1. The van der Waals surface area contributed by atoms with Crippen molar-refractivity contribution in [1.82, 2.24) is 10.2 Å². The number of hydrogen-bond donors (Lipinski definition) is 4. The van der Waals surface area contributed by atoms with Crippen LogP contribution in [0, 0.1) is 24.4 Å². The fourth-order valence-corrected chi connectivity index (χ4v) is 3.26. The molecule has 0 aliphatic carbocycles. The number of hydrogen-bond acceptors (Lipinski definition) is 5. The molecule has 182 valence electrons. The van der Waals surface area contributed by atoms with Crippen LogP contribution in [-0.4, -0.2) is 58.4 Å². The number of nitrogens with zero attached hydrogens (tertiary/aromatic N) is 1. The maximum Gasteiger partial charge on any atom is 0.256 e. The number of carbonyl (C=O) groups is 1. The number of aryl methyl sites for hydroxylation is 1. The van der Waals surface area contributed by atoms with Crippen molar-refractivity contribution in [2.24, 2.45) is 0 Å². The van der Waals surface area contributed by atoms with Crippen molar-refractivity contribution < 1.29 is 28.2 Å². The molecular formula is C24H32F3N3O3. The summed E-state index contributed by atoms with van der Waals surface area (Å²) in [6.45, 7) is 9.16. The summed E-state index contributed by atoms with van der Waals surface area (Å²) in [7, 11) is 0. The third kappa shape index (κ3) is 6.25. The molecule has 33 heavy (non-hydrogen) atoms. The van der Waals surface area contributed by atoms with Gasteiger partial charge in [0, 0.05) is 12.1 Å². The van der Waals surface area contributed by atoms with E-state index in [1.54, 1.807) is 26.8 Å². The largest absolute Gasteiger partial charge is 0.394 e. The Labute approximate surface area is 192 Å². The molecule has 0 spiro atoms. The third-order valence-corrected chi connectivity index (χ3v) is 5.26. The van der Waals surface area contributed by atoms with Crippen LogP contribution < -0.4 is 10.6 Å². The molecular weight excluding hydrogens is 435 g/mol. The summed E-state index contributed by atoms with van der Waals surface area (Å²) < 4.78 is 42.6. The van der Waals surface area contributed by atoms with Crippen LogP contribution in [0.5, 0.6) is 0 Å². The molecule has 4 N–H and O–H groups in total. The van der Waals surface area contributed by atoms with Crippen LogP contribution >= 0.6 is 0 Å². The first-order valence-corrected chi connectivity index (χ1v) is 10.8. The second-order valence-electron chi connectivity index (χ2n) is 8.67. The van der Waals surface area contributed by atoms with E-state index in [1.807, 2.05) is 13.8 Å². The molecule has 2 aromatic rings. The van der Waals surface area contributed by atoms with Gasteiger partial charge in [0.15, 0.2) is 11.6 Å². The number of likely N-dealkylation sites (tertiary alicyclic amines) is 1. The zero-order valence-electron chi connectivity index (χ0n) is 19.6. The summed E-state index contributed by atoms with van der Waals surface area (Å²) in [5.74, 6) is -3.77. The van der Waals surface area contributed by atoms with Gasteiger partial charge in [0.1, 0.15) is 11.4 Å². The Morgan fingerprint density at radius 2 is 1.76 bits per heavy atom. The van der Waals surface area contributed by atoms with E-state index in [2.05, 4.69) is 10.6 Å². The van der Waals surface area contributed by atoms with Gasteiger partial charge in [-0.3, -0.25) is 4.79 Å². The van der Waals surface area contributed by atoms with Gasteiger partial charge in [-0.05, 0) is 50.6 Å². The van der Waals surface area contributed by atoms with Crippen molar-refractivity contribution in [2.45, 2.75) is 45.8 Å². The fourth-order valence-electron chi connectivity index (χ4n) is 3.26. The lowest BCUT2D eigenvalue weighted by atomic mass is 9.91. The van der Waals surface area contributed by atoms with Gasteiger partial charge in [-0.25, -0.2) is 13.2 Å². The predicted molar refractivity (Wildman–Crippen MR) is 122 cm³/mol. The normalized spacial score (nSPS) is 14.8. The minimum absolute atomic E-state index is 0.0301. The summed E-state index contributed by atoms with van der Waals surface area (Å²) in [5, 5.41) is 25.4. The number of nitrogens with one attached hydrogen (secondary N) is 2. The van der Waals surface area contributed by atoms with Crippen molar-refractivity contribution in [3.8, 4) is 0 Å². The molecule has 6 nitrogen and oxygen atoms in total. The number of carbonyl (C=O) groups excluding carboxylic acids is 1. The first-order valence-electron chi connectivity index (χ1n) is 10.8. The van der Waals surface area contributed by atoms with E-state index in [-0.39, 0.29) is 37.5 Å². The zero-order valence-corrected chi connectivity index (χ0v) is 19.6. The minimum Gasteiger partial charge on any atom is -0.394 e. The van der Waals surface area contributed by atoms with E-state index in [9.17, 15) is 28.2 Å². The molecule has 0 saturated carbocycles. The van der Waals surface area contributed by atoms with Crippen molar-refractivity contribution in [3.63, 3.8) is 0 Å². The predicted octanol–water partition coefficient (Wildman–Crippen LogP) is 3.73. The molecule has 0 atom stereocenters. The second kappa shape index (κ2) is 10.5. The van der Waals surface area contributed by atoms with Crippen LogP contribution in [0.4, 0.5) is 24.5 Å². The molecule has 0 bridgehead atoms. The van der Waals surface area contributed by atoms with Crippen LogP contribution in [0.1, 0.15) is 43.6 Å². The quantitative estimate of drug-likeness (QED) is 0.499. The first kappa shape index (κ1) is 26.6. The Kier molecular flexibility index (Phi) is 8.51. The highest BCUT2D eigenvalue weighted by Gasteiger charge is 2.45. The average Bonchev–Trinajstić information content (AvgIpc) is 2.76. The molecule has 3 rings (SSSR count). The smallest absolute Gasteiger partial charge is 0.256 e. The van der Waals surface area contributed by atoms with Crippen molar-refractivity contribution in [3.05, 3.63) is 58.9 Å². The van der Waals surface area contributed by atoms with Gasteiger partial charge >= 0.3 is 0 Å². The van der Waals surface area contributed by atoms with E-state index < -0.39 is 40.2 Å². The lowest BCUT2D eigenvalue weighted by Crippen LogP contribution is -2.68. The Bertz CT molecular complexity index is 992. The molecule has 0 radical (unpaired) electrons. The van der Waals surface area contributed by atoms with Crippen LogP contribution in [0.3, 0.4) is 0 Å². The van der Waals surface area contributed by atoms with Crippen molar-refractivity contribution >= 4 is 17.3 Å². The highest BCUT2D eigenvalue weighted by molar-refractivity contribution is 6.01. The summed E-state index contributed by atoms with van der Waals surface area (Å²) in [5.41, 5.74) is -1.91. The minimum atomic E-state index is -1.30. The molecule has 1 heterocycles. The van der Waals surface area contributed by atoms with Crippen LogP contribution in [0.15, 0.2) is 30.3 Å². The van der Waals surface area contributed by atoms with Gasteiger partial charge in [-0.1, -0.05) is 19.9 Å². The molecule has 2 aromatic carbocycles. The summed E-state index contributed by atoms with van der Waals surface area (Å²) >= 11 is 0. The van der Waals surface area contributed by atoms with Gasteiger partial charge in [0.2, 0.25) is 0 Å². The van der Waals surface area contributed by atoms with Gasteiger partial charge in [-0.15, -0.1) is 0 Å². The van der Waals surface area contributed by atoms with E-state index in [0.29, 0.717) is 5.56 Å². The Hall–Kier alpha value is -2.62. The first-order chi connectivity index (χ1) is 15.4. The lowest BCUT2D eigenvalue weighted by Gasteiger charge is -2.47. The lowest BCUT2D eigenvalue weighted by molar-refractivity contribution is -0.0825. The van der Waals surface area contributed by atoms with E-state index >= 15 is 0 Å². The number of aliphatic hydroxyl groups is 2. The number of halogens is 3. The summed E-state index contributed by atoms with van der Waals surface area (Å²) in [6, 6.07) is 6.16. The molecule has 1 fully saturated rings. The topological polar surface area (TPSA) is 84.8 Å². The highest BCUT2D eigenvalue weighted by atomic mass is 19.2. The van der Waals surface area contributed by atoms with E-state index in [1.165, 1.54) is 17.0 Å². The summed E-state index contributed by atoms with van der Waals surface area (Å²) in [6.07, 6.45) is 0.